The number of carbonyl (C=O) groups is 1. The van der Waals surface area contributed by atoms with Crippen molar-refractivity contribution in [2.45, 2.75) is 19.8 Å². The Balaban J connectivity index is 2.51. The lowest BCUT2D eigenvalue weighted by Gasteiger charge is -2.36. The zero-order valence-electron chi connectivity index (χ0n) is 8.75. The first kappa shape index (κ1) is 11.0. The van der Waals surface area contributed by atoms with E-state index in [2.05, 4.69) is 13.0 Å². The predicted octanol–water partition coefficient (Wildman–Crippen LogP) is 0.785. The number of unbranched alkanes of at least 4 members (excludes halogenated alkanes) is 1. The molecule has 0 aromatic rings. The van der Waals surface area contributed by atoms with Crippen LogP contribution in [0.5, 0.6) is 0 Å². The van der Waals surface area contributed by atoms with Crippen molar-refractivity contribution < 1.29 is 9.53 Å². The van der Waals surface area contributed by atoms with Crippen LogP contribution in [0.25, 0.3) is 0 Å². The second-order valence-electron chi connectivity index (χ2n) is 3.77. The van der Waals surface area contributed by atoms with E-state index in [-0.39, 0.29) is 19.1 Å². The highest BCUT2D eigenvalue weighted by atomic mass is 16.5. The molecule has 0 bridgehead atoms. The van der Waals surface area contributed by atoms with Gasteiger partial charge in [0.15, 0.2) is 5.41 Å². The van der Waals surface area contributed by atoms with Crippen LogP contribution < -0.4 is 0 Å². The lowest BCUT2D eigenvalue weighted by atomic mass is 9.86. The summed E-state index contributed by atoms with van der Waals surface area (Å²) >= 11 is 0. The van der Waals surface area contributed by atoms with Gasteiger partial charge in [0, 0.05) is 13.6 Å². The van der Waals surface area contributed by atoms with Gasteiger partial charge in [-0.1, -0.05) is 13.3 Å². The summed E-state index contributed by atoms with van der Waals surface area (Å²) in [6.07, 6.45) is 2.03. The third-order valence-electron chi connectivity index (χ3n) is 2.51. The van der Waals surface area contributed by atoms with Crippen molar-refractivity contribution in [2.24, 2.45) is 5.41 Å². The van der Waals surface area contributed by atoms with E-state index in [1.165, 1.54) is 0 Å². The van der Waals surface area contributed by atoms with Crippen LogP contribution in [0.4, 0.5) is 0 Å². The summed E-state index contributed by atoms with van der Waals surface area (Å²) in [5.41, 5.74) is -0.886. The van der Waals surface area contributed by atoms with Crippen LogP contribution >= 0.6 is 0 Å². The molecule has 0 unspecified atom stereocenters. The van der Waals surface area contributed by atoms with Gasteiger partial charge < -0.3 is 9.64 Å². The summed E-state index contributed by atoms with van der Waals surface area (Å²) in [6.45, 7) is 3.29. The number of rotatable bonds is 4. The summed E-state index contributed by atoms with van der Waals surface area (Å²) in [5.74, 6) is -0.0975. The largest absolute Gasteiger partial charge is 0.377 e. The van der Waals surface area contributed by atoms with Crippen LogP contribution in [0.2, 0.25) is 0 Å². The molecule has 0 N–H and O–H groups in total. The molecule has 1 fully saturated rings. The molecule has 0 saturated carbocycles. The SMILES string of the molecule is CCCCN(C)C(=O)C1(C#N)COC1. The van der Waals surface area contributed by atoms with Crippen molar-refractivity contribution in [1.82, 2.24) is 4.90 Å². The van der Waals surface area contributed by atoms with Gasteiger partial charge in [-0.05, 0) is 6.42 Å². The van der Waals surface area contributed by atoms with Crippen LogP contribution in [-0.2, 0) is 9.53 Å². The molecule has 1 aliphatic rings. The third kappa shape index (κ3) is 1.88. The van der Waals surface area contributed by atoms with Crippen LogP contribution in [0, 0.1) is 16.7 Å². The van der Waals surface area contributed by atoms with E-state index < -0.39 is 5.41 Å². The maximum atomic E-state index is 11.8. The van der Waals surface area contributed by atoms with Crippen LogP contribution in [-0.4, -0.2) is 37.6 Å². The summed E-state index contributed by atoms with van der Waals surface area (Å²) in [7, 11) is 1.75. The van der Waals surface area contributed by atoms with E-state index >= 15 is 0 Å². The maximum absolute atomic E-state index is 11.8. The summed E-state index contributed by atoms with van der Waals surface area (Å²) < 4.78 is 4.93. The van der Waals surface area contributed by atoms with Gasteiger partial charge in [0.1, 0.15) is 0 Å². The molecule has 0 aliphatic carbocycles. The topological polar surface area (TPSA) is 53.3 Å². The number of nitriles is 1. The number of amides is 1. The van der Waals surface area contributed by atoms with Crippen molar-refractivity contribution in [1.29, 1.82) is 5.26 Å². The van der Waals surface area contributed by atoms with Crippen molar-refractivity contribution in [3.63, 3.8) is 0 Å². The second kappa shape index (κ2) is 4.43. The van der Waals surface area contributed by atoms with Gasteiger partial charge in [-0.2, -0.15) is 5.26 Å². The first-order valence-corrected chi connectivity index (χ1v) is 4.91. The Morgan fingerprint density at radius 2 is 2.29 bits per heavy atom. The zero-order chi connectivity index (χ0) is 10.6. The van der Waals surface area contributed by atoms with E-state index in [9.17, 15) is 4.79 Å². The predicted molar refractivity (Wildman–Crippen MR) is 51.4 cm³/mol. The van der Waals surface area contributed by atoms with Crippen molar-refractivity contribution in [2.75, 3.05) is 26.8 Å². The summed E-state index contributed by atoms with van der Waals surface area (Å²) in [4.78, 5) is 13.4. The molecule has 78 valence electrons. The first-order valence-electron chi connectivity index (χ1n) is 4.91. The number of hydrogen-bond donors (Lipinski definition) is 0. The Bertz CT molecular complexity index is 253. The first-order chi connectivity index (χ1) is 6.66. The molecule has 1 aliphatic heterocycles. The number of ether oxygens (including phenoxy) is 1. The minimum absolute atomic E-state index is 0.0975. The van der Waals surface area contributed by atoms with E-state index in [0.717, 1.165) is 19.4 Å². The summed E-state index contributed by atoms with van der Waals surface area (Å²) in [5, 5.41) is 8.90. The molecule has 4 heteroatoms. The number of nitrogens with zero attached hydrogens (tertiary/aromatic N) is 2. The van der Waals surface area contributed by atoms with E-state index in [1.54, 1.807) is 11.9 Å². The average molecular weight is 196 g/mol. The molecule has 0 radical (unpaired) electrons. The molecular formula is C10H16N2O2. The fraction of sp³-hybridized carbons (Fsp3) is 0.800. The van der Waals surface area contributed by atoms with Crippen LogP contribution in [0.3, 0.4) is 0 Å². The van der Waals surface area contributed by atoms with Gasteiger partial charge >= 0.3 is 0 Å². The Labute approximate surface area is 84.4 Å². The molecule has 14 heavy (non-hydrogen) atoms. The van der Waals surface area contributed by atoms with Gasteiger partial charge in [-0.25, -0.2) is 0 Å². The fourth-order valence-corrected chi connectivity index (χ4v) is 1.40. The normalized spacial score (nSPS) is 18.1. The van der Waals surface area contributed by atoms with E-state index in [1.807, 2.05) is 0 Å². The van der Waals surface area contributed by atoms with Gasteiger partial charge in [0.2, 0.25) is 5.91 Å². The van der Waals surface area contributed by atoms with Crippen molar-refractivity contribution >= 4 is 5.91 Å². The van der Waals surface area contributed by atoms with E-state index in [0.29, 0.717) is 0 Å². The van der Waals surface area contributed by atoms with Crippen LogP contribution in [0.1, 0.15) is 19.8 Å². The molecular weight excluding hydrogens is 180 g/mol. The fourth-order valence-electron chi connectivity index (χ4n) is 1.40. The molecule has 0 atom stereocenters. The molecule has 1 rings (SSSR count). The van der Waals surface area contributed by atoms with E-state index in [4.69, 9.17) is 10.00 Å². The molecule has 1 saturated heterocycles. The number of hydrogen-bond acceptors (Lipinski definition) is 3. The highest BCUT2D eigenvalue weighted by molar-refractivity contribution is 5.86. The molecule has 4 nitrogen and oxygen atoms in total. The van der Waals surface area contributed by atoms with Gasteiger partial charge in [0.25, 0.3) is 0 Å². The second-order valence-corrected chi connectivity index (χ2v) is 3.77. The monoisotopic (exact) mass is 196 g/mol. The number of carbonyl (C=O) groups excluding carboxylic acids is 1. The minimum atomic E-state index is -0.886. The lowest BCUT2D eigenvalue weighted by Crippen LogP contribution is -2.53. The molecule has 0 aromatic carbocycles. The average Bonchev–Trinajstić information content (AvgIpc) is 2.13. The molecule has 1 amide bonds. The van der Waals surface area contributed by atoms with Gasteiger partial charge in [0.05, 0.1) is 19.3 Å². The smallest absolute Gasteiger partial charge is 0.247 e. The minimum Gasteiger partial charge on any atom is -0.377 e. The Kier molecular flexibility index (Phi) is 3.48. The Morgan fingerprint density at radius 1 is 1.64 bits per heavy atom. The Hall–Kier alpha value is -1.08. The Morgan fingerprint density at radius 3 is 2.64 bits per heavy atom. The highest BCUT2D eigenvalue weighted by Gasteiger charge is 2.47. The standard InChI is InChI=1S/C10H16N2O2/c1-3-4-5-12(2)9(13)10(6-11)7-14-8-10/h3-5,7-8H2,1-2H3. The maximum Gasteiger partial charge on any atom is 0.247 e. The van der Waals surface area contributed by atoms with Crippen molar-refractivity contribution in [3.8, 4) is 6.07 Å². The van der Waals surface area contributed by atoms with Gasteiger partial charge in [-0.15, -0.1) is 0 Å². The van der Waals surface area contributed by atoms with Crippen molar-refractivity contribution in [3.05, 3.63) is 0 Å². The summed E-state index contributed by atoms with van der Waals surface area (Å²) in [6, 6.07) is 2.06. The zero-order valence-corrected chi connectivity index (χ0v) is 8.75. The lowest BCUT2D eigenvalue weighted by molar-refractivity contribution is -0.159. The molecule has 0 aromatic heterocycles. The quantitative estimate of drug-likeness (QED) is 0.667. The molecule has 1 heterocycles. The molecule has 0 spiro atoms. The highest BCUT2D eigenvalue weighted by Crippen LogP contribution is 2.28. The van der Waals surface area contributed by atoms with Gasteiger partial charge in [-0.3, -0.25) is 4.79 Å². The van der Waals surface area contributed by atoms with Crippen LogP contribution in [0.15, 0.2) is 0 Å². The third-order valence-corrected chi connectivity index (χ3v) is 2.51.